The molecule has 0 aliphatic carbocycles. The topological polar surface area (TPSA) is 48.3 Å². The average Bonchev–Trinajstić information content (AvgIpc) is 2.92. The number of aromatic nitrogens is 2. The van der Waals surface area contributed by atoms with E-state index in [0.29, 0.717) is 13.2 Å². The van der Waals surface area contributed by atoms with E-state index in [9.17, 15) is 0 Å². The summed E-state index contributed by atoms with van der Waals surface area (Å²) in [6, 6.07) is 9.84. The molecule has 2 rings (SSSR count). The molecule has 0 saturated carbocycles. The molecule has 0 aliphatic rings. The van der Waals surface area contributed by atoms with E-state index in [1.807, 2.05) is 42.7 Å². The van der Waals surface area contributed by atoms with Crippen molar-refractivity contribution in [2.75, 3.05) is 26.9 Å². The Balaban J connectivity index is 1.74. The molecule has 0 spiro atoms. The van der Waals surface area contributed by atoms with Crippen molar-refractivity contribution < 1.29 is 9.47 Å². The molecule has 1 aromatic heterocycles. The molecule has 5 nitrogen and oxygen atoms in total. The van der Waals surface area contributed by atoms with Crippen LogP contribution in [0.4, 0.5) is 0 Å². The summed E-state index contributed by atoms with van der Waals surface area (Å²) in [7, 11) is 1.70. The summed E-state index contributed by atoms with van der Waals surface area (Å²) in [6.07, 6.45) is 3.79. The highest BCUT2D eigenvalue weighted by Crippen LogP contribution is 2.08. The molecule has 0 radical (unpaired) electrons. The van der Waals surface area contributed by atoms with Crippen LogP contribution in [0.2, 0.25) is 0 Å². The van der Waals surface area contributed by atoms with Crippen LogP contribution in [0.15, 0.2) is 42.7 Å². The first-order chi connectivity index (χ1) is 9.90. The van der Waals surface area contributed by atoms with Crippen LogP contribution < -0.4 is 10.1 Å². The maximum Gasteiger partial charge on any atom is 0.122 e. The van der Waals surface area contributed by atoms with Crippen molar-refractivity contribution >= 4 is 0 Å². The van der Waals surface area contributed by atoms with Crippen LogP contribution in [0, 0.1) is 0 Å². The van der Waals surface area contributed by atoms with Gasteiger partial charge < -0.3 is 19.4 Å². The predicted molar refractivity (Wildman–Crippen MR) is 77.7 cm³/mol. The Morgan fingerprint density at radius 3 is 2.85 bits per heavy atom. The van der Waals surface area contributed by atoms with Gasteiger partial charge in [0, 0.05) is 26.0 Å². The second kappa shape index (κ2) is 8.35. The highest BCUT2D eigenvalue weighted by atomic mass is 16.5. The van der Waals surface area contributed by atoms with Gasteiger partial charge in [0.2, 0.25) is 0 Å². The Kier molecular flexibility index (Phi) is 6.07. The standard InChI is InChI=1S/C15H21N3O2/c1-19-11-8-16-13-15-17-7-9-18(15)10-12-20-14-5-3-2-4-6-14/h2-7,9,16H,8,10-13H2,1H3. The number of nitrogens with one attached hydrogen (secondary N) is 1. The van der Waals surface area contributed by atoms with Gasteiger partial charge in [-0.2, -0.15) is 0 Å². The molecule has 0 saturated heterocycles. The van der Waals surface area contributed by atoms with Gasteiger partial charge in [-0.1, -0.05) is 18.2 Å². The normalized spacial score (nSPS) is 10.7. The fourth-order valence-electron chi connectivity index (χ4n) is 1.86. The second-order valence-electron chi connectivity index (χ2n) is 4.37. The lowest BCUT2D eigenvalue weighted by Gasteiger charge is -2.10. The lowest BCUT2D eigenvalue weighted by Crippen LogP contribution is -2.21. The van der Waals surface area contributed by atoms with Crippen LogP contribution in [-0.4, -0.2) is 36.4 Å². The Bertz CT molecular complexity index is 485. The molecule has 2 aromatic rings. The van der Waals surface area contributed by atoms with Crippen molar-refractivity contribution in [2.45, 2.75) is 13.1 Å². The quantitative estimate of drug-likeness (QED) is 0.708. The van der Waals surface area contributed by atoms with Gasteiger partial charge in [-0.05, 0) is 12.1 Å². The molecule has 0 bridgehead atoms. The minimum Gasteiger partial charge on any atom is -0.492 e. The summed E-state index contributed by atoms with van der Waals surface area (Å²) < 4.78 is 12.8. The number of imidazole rings is 1. The summed E-state index contributed by atoms with van der Waals surface area (Å²) in [5.74, 6) is 1.91. The number of nitrogens with zero attached hydrogens (tertiary/aromatic N) is 2. The van der Waals surface area contributed by atoms with Crippen molar-refractivity contribution in [1.82, 2.24) is 14.9 Å². The summed E-state index contributed by atoms with van der Waals surface area (Å²) in [5.41, 5.74) is 0. The predicted octanol–water partition coefficient (Wildman–Crippen LogP) is 1.70. The van der Waals surface area contributed by atoms with Crippen LogP contribution in [0.5, 0.6) is 5.75 Å². The van der Waals surface area contributed by atoms with E-state index in [0.717, 1.165) is 31.2 Å². The third-order valence-electron chi connectivity index (χ3n) is 2.91. The van der Waals surface area contributed by atoms with E-state index in [4.69, 9.17) is 9.47 Å². The third kappa shape index (κ3) is 4.68. The lowest BCUT2D eigenvalue weighted by atomic mass is 10.3. The Morgan fingerprint density at radius 2 is 2.05 bits per heavy atom. The monoisotopic (exact) mass is 275 g/mol. The average molecular weight is 275 g/mol. The minimum absolute atomic E-state index is 0.630. The van der Waals surface area contributed by atoms with Crippen LogP contribution >= 0.6 is 0 Å². The van der Waals surface area contributed by atoms with Gasteiger partial charge in [0.25, 0.3) is 0 Å². The summed E-state index contributed by atoms with van der Waals surface area (Å²) in [6.45, 7) is 3.69. The van der Waals surface area contributed by atoms with Gasteiger partial charge in [0.05, 0.1) is 19.7 Å². The Hall–Kier alpha value is -1.85. The van der Waals surface area contributed by atoms with E-state index in [1.54, 1.807) is 7.11 Å². The largest absolute Gasteiger partial charge is 0.492 e. The molecule has 0 amide bonds. The van der Waals surface area contributed by atoms with Gasteiger partial charge in [0.15, 0.2) is 0 Å². The van der Waals surface area contributed by atoms with E-state index in [-0.39, 0.29) is 0 Å². The van der Waals surface area contributed by atoms with Crippen molar-refractivity contribution in [3.8, 4) is 5.75 Å². The van der Waals surface area contributed by atoms with E-state index in [1.165, 1.54) is 0 Å². The maximum atomic E-state index is 5.69. The number of para-hydroxylation sites is 1. The van der Waals surface area contributed by atoms with Crippen LogP contribution in [0.1, 0.15) is 5.82 Å². The number of methoxy groups -OCH3 is 1. The minimum atomic E-state index is 0.630. The summed E-state index contributed by atoms with van der Waals surface area (Å²) >= 11 is 0. The molecule has 1 heterocycles. The van der Waals surface area contributed by atoms with Crippen molar-refractivity contribution in [3.63, 3.8) is 0 Å². The number of ether oxygens (including phenoxy) is 2. The molecule has 0 aliphatic heterocycles. The first-order valence-electron chi connectivity index (χ1n) is 6.77. The van der Waals surface area contributed by atoms with Crippen molar-refractivity contribution in [2.24, 2.45) is 0 Å². The van der Waals surface area contributed by atoms with Crippen LogP contribution in [0.25, 0.3) is 0 Å². The molecule has 1 aromatic carbocycles. The molecule has 20 heavy (non-hydrogen) atoms. The number of benzene rings is 1. The Morgan fingerprint density at radius 1 is 1.20 bits per heavy atom. The molecule has 0 atom stereocenters. The molecule has 0 unspecified atom stereocenters. The zero-order chi connectivity index (χ0) is 14.0. The summed E-state index contributed by atoms with van der Waals surface area (Å²) in [5, 5.41) is 3.29. The smallest absolute Gasteiger partial charge is 0.122 e. The van der Waals surface area contributed by atoms with Crippen molar-refractivity contribution in [1.29, 1.82) is 0 Å². The third-order valence-corrected chi connectivity index (χ3v) is 2.91. The maximum absolute atomic E-state index is 5.69. The Labute approximate surface area is 119 Å². The van der Waals surface area contributed by atoms with Gasteiger partial charge >= 0.3 is 0 Å². The molecule has 1 N–H and O–H groups in total. The molecule has 5 heteroatoms. The van der Waals surface area contributed by atoms with E-state index >= 15 is 0 Å². The first kappa shape index (κ1) is 14.6. The van der Waals surface area contributed by atoms with Gasteiger partial charge in [-0.15, -0.1) is 0 Å². The number of hydrogen-bond donors (Lipinski definition) is 1. The van der Waals surface area contributed by atoms with E-state index < -0.39 is 0 Å². The zero-order valence-electron chi connectivity index (χ0n) is 11.8. The lowest BCUT2D eigenvalue weighted by molar-refractivity contribution is 0.198. The first-order valence-corrected chi connectivity index (χ1v) is 6.77. The number of hydrogen-bond acceptors (Lipinski definition) is 4. The van der Waals surface area contributed by atoms with Gasteiger partial charge in [0.1, 0.15) is 18.2 Å². The number of rotatable bonds is 9. The zero-order valence-corrected chi connectivity index (χ0v) is 11.8. The van der Waals surface area contributed by atoms with Crippen LogP contribution in [0.3, 0.4) is 0 Å². The molecular weight excluding hydrogens is 254 g/mol. The second-order valence-corrected chi connectivity index (χ2v) is 4.37. The molecule has 108 valence electrons. The fraction of sp³-hybridized carbons (Fsp3) is 0.400. The molecule has 0 fully saturated rings. The van der Waals surface area contributed by atoms with Crippen LogP contribution in [-0.2, 0) is 17.8 Å². The SMILES string of the molecule is COCCNCc1nccn1CCOc1ccccc1. The highest BCUT2D eigenvalue weighted by Gasteiger charge is 2.02. The van der Waals surface area contributed by atoms with Crippen molar-refractivity contribution in [3.05, 3.63) is 48.5 Å². The molecular formula is C15H21N3O2. The summed E-state index contributed by atoms with van der Waals surface area (Å²) in [4.78, 5) is 4.34. The van der Waals surface area contributed by atoms with Gasteiger partial charge in [-0.25, -0.2) is 4.98 Å². The highest BCUT2D eigenvalue weighted by molar-refractivity contribution is 5.20. The van der Waals surface area contributed by atoms with Gasteiger partial charge in [-0.3, -0.25) is 0 Å². The van der Waals surface area contributed by atoms with E-state index in [2.05, 4.69) is 14.9 Å². The fourth-order valence-corrected chi connectivity index (χ4v) is 1.86.